The van der Waals surface area contributed by atoms with Crippen LogP contribution in [0, 0.1) is 11.8 Å². The number of ether oxygens (including phenoxy) is 3. The average molecular weight is 490 g/mol. The lowest BCUT2D eigenvalue weighted by Gasteiger charge is -2.38. The zero-order chi connectivity index (χ0) is 25.4. The summed E-state index contributed by atoms with van der Waals surface area (Å²) in [5, 5.41) is 2.92. The average Bonchev–Trinajstić information content (AvgIpc) is 2.85. The third kappa shape index (κ3) is 7.66. The second-order valence-electron chi connectivity index (χ2n) is 10.1. The van der Waals surface area contributed by atoms with Crippen LogP contribution in [0.3, 0.4) is 0 Å². The van der Waals surface area contributed by atoms with Gasteiger partial charge in [-0.25, -0.2) is 0 Å². The molecule has 2 amide bonds. The fourth-order valence-electron chi connectivity index (χ4n) is 4.89. The molecule has 8 heteroatoms. The van der Waals surface area contributed by atoms with Crippen molar-refractivity contribution < 1.29 is 23.8 Å². The smallest absolute Gasteiger partial charge is 0.257 e. The number of likely N-dealkylation sites (N-methyl/N-ethyl adjacent to an activating group) is 1. The summed E-state index contributed by atoms with van der Waals surface area (Å²) in [7, 11) is 3.52. The molecule has 0 bridgehead atoms. The van der Waals surface area contributed by atoms with Gasteiger partial charge in [0.25, 0.3) is 5.91 Å². The quantitative estimate of drug-likeness (QED) is 0.657. The fraction of sp³-hybridized carbons (Fsp3) is 0.704. The van der Waals surface area contributed by atoms with E-state index in [1.165, 1.54) is 0 Å². The Morgan fingerprint density at radius 3 is 2.63 bits per heavy atom. The number of carbonyl (C=O) groups is 2. The van der Waals surface area contributed by atoms with E-state index in [-0.39, 0.29) is 29.9 Å². The molecule has 0 aliphatic carbocycles. The van der Waals surface area contributed by atoms with Crippen LogP contribution in [-0.2, 0) is 14.3 Å². The van der Waals surface area contributed by atoms with Crippen LogP contribution in [-0.4, -0.2) is 87.4 Å². The van der Waals surface area contributed by atoms with E-state index >= 15 is 0 Å². The highest BCUT2D eigenvalue weighted by Crippen LogP contribution is 2.27. The van der Waals surface area contributed by atoms with Gasteiger partial charge in [0.2, 0.25) is 5.91 Å². The van der Waals surface area contributed by atoms with Crippen LogP contribution in [0.2, 0.25) is 0 Å². The van der Waals surface area contributed by atoms with Crippen LogP contribution in [0.1, 0.15) is 56.8 Å². The molecule has 1 fully saturated rings. The van der Waals surface area contributed by atoms with Gasteiger partial charge in [-0.15, -0.1) is 0 Å². The van der Waals surface area contributed by atoms with E-state index < -0.39 is 0 Å². The summed E-state index contributed by atoms with van der Waals surface area (Å²) >= 11 is 0. The lowest BCUT2D eigenvalue weighted by atomic mass is 9.96. The molecule has 1 aromatic rings. The van der Waals surface area contributed by atoms with Crippen molar-refractivity contribution in [2.24, 2.45) is 11.8 Å². The first kappa shape index (κ1) is 27.4. The zero-order valence-corrected chi connectivity index (χ0v) is 22.0. The van der Waals surface area contributed by atoms with Gasteiger partial charge in [0.1, 0.15) is 12.4 Å². The summed E-state index contributed by atoms with van der Waals surface area (Å²) < 4.78 is 17.7. The number of hydrogen-bond donors (Lipinski definition) is 1. The first-order valence-electron chi connectivity index (χ1n) is 13.0. The zero-order valence-electron chi connectivity index (χ0n) is 22.0. The summed E-state index contributed by atoms with van der Waals surface area (Å²) in [6, 6.07) is 5.44. The standard InChI is InChI=1S/C27H43N3O5/c1-6-7-26(31)28-22-8-9-23-24(14-22)35-18-20(3)30(16-21-10-12-34-13-11-21)15-19(2)25(33-5)17-29(4)27(23)32/h8-9,14,19-21,25H,6-7,10-13,15-18H2,1-5H3,(H,28,31)/t19-,20-,25+/m1/s1. The normalized spacial score (nSPS) is 25.2. The Kier molecular flexibility index (Phi) is 10.4. The number of benzene rings is 1. The molecule has 0 saturated carbocycles. The van der Waals surface area contributed by atoms with Gasteiger partial charge < -0.3 is 24.4 Å². The molecule has 1 aromatic carbocycles. The summed E-state index contributed by atoms with van der Waals surface area (Å²) in [6.07, 6.45) is 3.30. The molecule has 2 heterocycles. The molecule has 1 N–H and O–H groups in total. The predicted octanol–water partition coefficient (Wildman–Crippen LogP) is 3.66. The lowest BCUT2D eigenvalue weighted by Crippen LogP contribution is -2.48. The molecule has 0 radical (unpaired) electrons. The third-order valence-corrected chi connectivity index (χ3v) is 7.17. The molecule has 2 aliphatic heterocycles. The SMILES string of the molecule is CCCC(=O)Nc1ccc2c(c1)OC[C@@H](C)N(CC1CCOCC1)C[C@@H](C)[C@@H](OC)CN(C)C2=O. The maximum atomic E-state index is 13.3. The summed E-state index contributed by atoms with van der Waals surface area (Å²) in [6.45, 7) is 10.8. The van der Waals surface area contributed by atoms with Crippen LogP contribution < -0.4 is 10.1 Å². The molecule has 35 heavy (non-hydrogen) atoms. The molecule has 8 nitrogen and oxygen atoms in total. The minimum atomic E-state index is -0.118. The van der Waals surface area contributed by atoms with Crippen molar-refractivity contribution in [1.82, 2.24) is 9.80 Å². The van der Waals surface area contributed by atoms with Crippen molar-refractivity contribution in [3.8, 4) is 5.75 Å². The van der Waals surface area contributed by atoms with Crippen molar-refractivity contribution in [1.29, 1.82) is 0 Å². The minimum absolute atomic E-state index is 0.0445. The summed E-state index contributed by atoms with van der Waals surface area (Å²) in [5.41, 5.74) is 1.13. The van der Waals surface area contributed by atoms with Gasteiger partial charge in [-0.3, -0.25) is 14.5 Å². The number of anilines is 1. The number of hydrogen-bond acceptors (Lipinski definition) is 6. The van der Waals surface area contributed by atoms with Gasteiger partial charge in [0.15, 0.2) is 0 Å². The second kappa shape index (κ2) is 13.2. The highest BCUT2D eigenvalue weighted by atomic mass is 16.5. The van der Waals surface area contributed by atoms with Gasteiger partial charge in [-0.1, -0.05) is 13.8 Å². The van der Waals surface area contributed by atoms with Gasteiger partial charge in [0.05, 0.1) is 11.7 Å². The number of amides is 2. The molecular formula is C27H43N3O5. The van der Waals surface area contributed by atoms with Crippen molar-refractivity contribution in [2.45, 2.75) is 58.6 Å². The van der Waals surface area contributed by atoms with Crippen LogP contribution in [0.4, 0.5) is 5.69 Å². The van der Waals surface area contributed by atoms with Gasteiger partial charge in [-0.2, -0.15) is 0 Å². The summed E-state index contributed by atoms with van der Waals surface area (Å²) in [4.78, 5) is 29.7. The summed E-state index contributed by atoms with van der Waals surface area (Å²) in [5.74, 6) is 1.18. The number of rotatable bonds is 6. The van der Waals surface area contributed by atoms with Crippen LogP contribution in [0.25, 0.3) is 0 Å². The molecule has 1 saturated heterocycles. The molecule has 0 spiro atoms. The number of nitrogens with one attached hydrogen (secondary N) is 1. The maximum absolute atomic E-state index is 13.3. The molecule has 0 unspecified atom stereocenters. The Labute approximate surface area is 210 Å². The van der Waals surface area contributed by atoms with Crippen LogP contribution >= 0.6 is 0 Å². The Morgan fingerprint density at radius 2 is 1.94 bits per heavy atom. The van der Waals surface area contributed by atoms with Crippen molar-refractivity contribution in [3.05, 3.63) is 23.8 Å². The van der Waals surface area contributed by atoms with E-state index in [0.717, 1.165) is 45.6 Å². The molecule has 2 aliphatic rings. The lowest BCUT2D eigenvalue weighted by molar-refractivity contribution is -0.116. The fourth-order valence-corrected chi connectivity index (χ4v) is 4.89. The van der Waals surface area contributed by atoms with E-state index in [0.29, 0.717) is 42.5 Å². The highest BCUT2D eigenvalue weighted by molar-refractivity contribution is 5.98. The maximum Gasteiger partial charge on any atom is 0.257 e. The Morgan fingerprint density at radius 1 is 1.20 bits per heavy atom. The largest absolute Gasteiger partial charge is 0.491 e. The van der Waals surface area contributed by atoms with Crippen LogP contribution in [0.15, 0.2) is 18.2 Å². The van der Waals surface area contributed by atoms with E-state index in [1.807, 2.05) is 6.92 Å². The monoisotopic (exact) mass is 489 g/mol. The van der Waals surface area contributed by atoms with E-state index in [9.17, 15) is 9.59 Å². The van der Waals surface area contributed by atoms with Crippen molar-refractivity contribution >= 4 is 17.5 Å². The second-order valence-corrected chi connectivity index (χ2v) is 10.1. The molecule has 196 valence electrons. The molecule has 3 atom stereocenters. The Hall–Kier alpha value is -2.16. The molecule has 0 aromatic heterocycles. The Bertz CT molecular complexity index is 842. The topological polar surface area (TPSA) is 80.3 Å². The number of fused-ring (bicyclic) bond motifs is 1. The number of carbonyl (C=O) groups excluding carboxylic acids is 2. The van der Waals surface area contributed by atoms with Crippen LogP contribution in [0.5, 0.6) is 5.75 Å². The van der Waals surface area contributed by atoms with Gasteiger partial charge in [-0.05, 0) is 50.2 Å². The van der Waals surface area contributed by atoms with Crippen molar-refractivity contribution in [2.75, 3.05) is 58.9 Å². The Balaban J connectivity index is 1.88. The predicted molar refractivity (Wildman–Crippen MR) is 137 cm³/mol. The molecular weight excluding hydrogens is 446 g/mol. The third-order valence-electron chi connectivity index (χ3n) is 7.17. The van der Waals surface area contributed by atoms with Gasteiger partial charge in [0, 0.05) is 71.2 Å². The number of nitrogens with zero attached hydrogens (tertiary/aromatic N) is 2. The number of methoxy groups -OCH3 is 1. The first-order valence-corrected chi connectivity index (χ1v) is 13.0. The minimum Gasteiger partial charge on any atom is -0.491 e. The van der Waals surface area contributed by atoms with E-state index in [2.05, 4.69) is 24.1 Å². The first-order chi connectivity index (χ1) is 16.8. The van der Waals surface area contributed by atoms with E-state index in [1.54, 1.807) is 37.3 Å². The van der Waals surface area contributed by atoms with E-state index in [4.69, 9.17) is 14.2 Å². The van der Waals surface area contributed by atoms with Crippen molar-refractivity contribution in [3.63, 3.8) is 0 Å². The molecule has 3 rings (SSSR count). The van der Waals surface area contributed by atoms with Gasteiger partial charge >= 0.3 is 0 Å². The highest BCUT2D eigenvalue weighted by Gasteiger charge is 2.30.